The zero-order chi connectivity index (χ0) is 14.3. The van der Waals surface area contributed by atoms with Crippen molar-refractivity contribution >= 4 is 40.5 Å². The molecule has 0 saturated carbocycles. The second-order valence-corrected chi connectivity index (χ2v) is 5.52. The number of rotatable bonds is 1. The van der Waals surface area contributed by atoms with E-state index in [0.717, 1.165) is 23.4 Å². The van der Waals surface area contributed by atoms with Crippen molar-refractivity contribution in [2.24, 2.45) is 0 Å². The standard InChI is InChI=1S/C15H12Cl2N2O/c16-9-4-5-10(12(17)8-9)15(20)19-7-6-11-13(18)2-1-3-14(11)19/h1-5,8H,6-7,18H2. The lowest BCUT2D eigenvalue weighted by Crippen LogP contribution is -2.29. The van der Waals surface area contributed by atoms with Gasteiger partial charge < -0.3 is 10.6 Å². The number of carbonyl (C=O) groups is 1. The molecule has 2 N–H and O–H groups in total. The highest BCUT2D eigenvalue weighted by molar-refractivity contribution is 6.37. The fourth-order valence-electron chi connectivity index (χ4n) is 2.48. The molecule has 1 aliphatic rings. The monoisotopic (exact) mass is 306 g/mol. The highest BCUT2D eigenvalue weighted by Gasteiger charge is 2.27. The summed E-state index contributed by atoms with van der Waals surface area (Å²) in [6.45, 7) is 0.612. The molecule has 0 fully saturated rings. The zero-order valence-electron chi connectivity index (χ0n) is 10.6. The normalized spacial score (nSPS) is 13.4. The smallest absolute Gasteiger partial charge is 0.259 e. The second kappa shape index (κ2) is 5.00. The van der Waals surface area contributed by atoms with E-state index in [1.165, 1.54) is 0 Å². The Morgan fingerprint density at radius 2 is 2.00 bits per heavy atom. The lowest BCUT2D eigenvalue weighted by Gasteiger charge is -2.18. The van der Waals surface area contributed by atoms with E-state index in [-0.39, 0.29) is 5.91 Å². The van der Waals surface area contributed by atoms with Crippen LogP contribution in [0.15, 0.2) is 36.4 Å². The Morgan fingerprint density at radius 3 is 2.75 bits per heavy atom. The van der Waals surface area contributed by atoms with Gasteiger partial charge in [-0.05, 0) is 36.8 Å². The number of hydrogen-bond donors (Lipinski definition) is 1. The summed E-state index contributed by atoms with van der Waals surface area (Å²) >= 11 is 12.0. The molecule has 0 aliphatic carbocycles. The maximum absolute atomic E-state index is 12.6. The third-order valence-electron chi connectivity index (χ3n) is 3.47. The van der Waals surface area contributed by atoms with Crippen LogP contribution in [0.1, 0.15) is 15.9 Å². The fourth-order valence-corrected chi connectivity index (χ4v) is 2.97. The van der Waals surface area contributed by atoms with Crippen LogP contribution in [0, 0.1) is 0 Å². The highest BCUT2D eigenvalue weighted by atomic mass is 35.5. The van der Waals surface area contributed by atoms with Crippen LogP contribution in [0.5, 0.6) is 0 Å². The predicted molar refractivity (Wildman–Crippen MR) is 82.7 cm³/mol. The molecule has 1 heterocycles. The summed E-state index contributed by atoms with van der Waals surface area (Å²) in [6, 6.07) is 10.5. The zero-order valence-corrected chi connectivity index (χ0v) is 12.1. The van der Waals surface area contributed by atoms with Crippen LogP contribution in [-0.4, -0.2) is 12.5 Å². The Hall–Kier alpha value is -1.71. The number of nitrogens with zero attached hydrogens (tertiary/aromatic N) is 1. The van der Waals surface area contributed by atoms with Crippen molar-refractivity contribution in [3.63, 3.8) is 0 Å². The van der Waals surface area contributed by atoms with Crippen molar-refractivity contribution in [3.05, 3.63) is 57.6 Å². The van der Waals surface area contributed by atoms with Crippen LogP contribution in [0.4, 0.5) is 11.4 Å². The number of halogens is 2. The van der Waals surface area contributed by atoms with Crippen molar-refractivity contribution in [1.82, 2.24) is 0 Å². The molecule has 0 bridgehead atoms. The van der Waals surface area contributed by atoms with Gasteiger partial charge in [-0.1, -0.05) is 29.3 Å². The molecule has 0 aromatic heterocycles. The Morgan fingerprint density at radius 1 is 1.20 bits per heavy atom. The van der Waals surface area contributed by atoms with Gasteiger partial charge in [0.25, 0.3) is 5.91 Å². The third kappa shape index (κ3) is 2.13. The first-order valence-electron chi connectivity index (χ1n) is 6.22. The van der Waals surface area contributed by atoms with Gasteiger partial charge in [0.05, 0.1) is 10.6 Å². The van der Waals surface area contributed by atoms with E-state index in [4.69, 9.17) is 28.9 Å². The molecule has 20 heavy (non-hydrogen) atoms. The van der Waals surface area contributed by atoms with Gasteiger partial charge in [0, 0.05) is 28.5 Å². The van der Waals surface area contributed by atoms with Crippen LogP contribution in [0.3, 0.4) is 0 Å². The molecular weight excluding hydrogens is 295 g/mol. The van der Waals surface area contributed by atoms with Crippen LogP contribution < -0.4 is 10.6 Å². The molecule has 0 unspecified atom stereocenters. The van der Waals surface area contributed by atoms with Gasteiger partial charge in [0.15, 0.2) is 0 Å². The first-order chi connectivity index (χ1) is 9.58. The Bertz CT molecular complexity index is 700. The SMILES string of the molecule is Nc1cccc2c1CCN2C(=O)c1ccc(Cl)cc1Cl. The number of hydrogen-bond acceptors (Lipinski definition) is 2. The molecule has 0 spiro atoms. The van der Waals surface area contributed by atoms with Crippen LogP contribution in [0.25, 0.3) is 0 Å². The third-order valence-corrected chi connectivity index (χ3v) is 4.02. The quantitative estimate of drug-likeness (QED) is 0.815. The minimum Gasteiger partial charge on any atom is -0.398 e. The van der Waals surface area contributed by atoms with Crippen LogP contribution in [-0.2, 0) is 6.42 Å². The minimum absolute atomic E-state index is 0.129. The van der Waals surface area contributed by atoms with Crippen LogP contribution in [0.2, 0.25) is 10.0 Å². The van der Waals surface area contributed by atoms with Gasteiger partial charge in [-0.3, -0.25) is 4.79 Å². The van der Waals surface area contributed by atoms with E-state index in [1.54, 1.807) is 23.1 Å². The molecule has 1 amide bonds. The molecule has 3 nitrogen and oxygen atoms in total. The van der Waals surface area contributed by atoms with Gasteiger partial charge in [-0.15, -0.1) is 0 Å². The molecule has 102 valence electrons. The lowest BCUT2D eigenvalue weighted by atomic mass is 10.1. The topological polar surface area (TPSA) is 46.3 Å². The van der Waals surface area contributed by atoms with Gasteiger partial charge in [0.2, 0.25) is 0 Å². The van der Waals surface area contributed by atoms with E-state index >= 15 is 0 Å². The van der Waals surface area contributed by atoms with Crippen molar-refractivity contribution in [1.29, 1.82) is 0 Å². The Balaban J connectivity index is 2.00. The number of amides is 1. The van der Waals surface area contributed by atoms with Crippen molar-refractivity contribution in [2.75, 3.05) is 17.2 Å². The number of carbonyl (C=O) groups excluding carboxylic acids is 1. The van der Waals surface area contributed by atoms with E-state index in [9.17, 15) is 4.79 Å². The number of anilines is 2. The van der Waals surface area contributed by atoms with E-state index in [0.29, 0.717) is 22.2 Å². The molecule has 0 saturated heterocycles. The molecule has 5 heteroatoms. The van der Waals surface area contributed by atoms with E-state index in [2.05, 4.69) is 0 Å². The maximum Gasteiger partial charge on any atom is 0.259 e. The molecule has 0 atom stereocenters. The summed E-state index contributed by atoms with van der Waals surface area (Å²) in [6.07, 6.45) is 0.763. The fraction of sp³-hybridized carbons (Fsp3) is 0.133. The van der Waals surface area contributed by atoms with Gasteiger partial charge in [-0.2, -0.15) is 0 Å². The van der Waals surface area contributed by atoms with E-state index in [1.807, 2.05) is 18.2 Å². The molecule has 2 aromatic rings. The molecule has 3 rings (SSSR count). The Kier molecular flexibility index (Phi) is 3.32. The van der Waals surface area contributed by atoms with Gasteiger partial charge >= 0.3 is 0 Å². The largest absolute Gasteiger partial charge is 0.398 e. The summed E-state index contributed by atoms with van der Waals surface area (Å²) < 4.78 is 0. The van der Waals surface area contributed by atoms with Crippen molar-refractivity contribution < 1.29 is 4.79 Å². The second-order valence-electron chi connectivity index (χ2n) is 4.68. The summed E-state index contributed by atoms with van der Waals surface area (Å²) in [5, 5.41) is 0.873. The maximum atomic E-state index is 12.6. The first kappa shape index (κ1) is 13.3. The van der Waals surface area contributed by atoms with E-state index < -0.39 is 0 Å². The highest BCUT2D eigenvalue weighted by Crippen LogP contribution is 2.34. The minimum atomic E-state index is -0.129. The average molecular weight is 307 g/mol. The van der Waals surface area contributed by atoms with Crippen molar-refractivity contribution in [3.8, 4) is 0 Å². The summed E-state index contributed by atoms with van der Waals surface area (Å²) in [5.41, 5.74) is 9.00. The van der Waals surface area contributed by atoms with Crippen LogP contribution >= 0.6 is 23.2 Å². The molecular formula is C15H12Cl2N2O. The summed E-state index contributed by atoms with van der Waals surface area (Å²) in [5.74, 6) is -0.129. The lowest BCUT2D eigenvalue weighted by molar-refractivity contribution is 0.0989. The number of fused-ring (bicyclic) bond motifs is 1. The molecule has 1 aliphatic heterocycles. The molecule has 0 radical (unpaired) electrons. The van der Waals surface area contributed by atoms with Gasteiger partial charge in [0.1, 0.15) is 0 Å². The molecule has 2 aromatic carbocycles. The summed E-state index contributed by atoms with van der Waals surface area (Å²) in [7, 11) is 0. The Labute approximate surface area is 126 Å². The first-order valence-corrected chi connectivity index (χ1v) is 6.98. The van der Waals surface area contributed by atoms with Gasteiger partial charge in [-0.25, -0.2) is 0 Å². The number of nitrogen functional groups attached to an aromatic ring is 1. The number of benzene rings is 2. The average Bonchev–Trinajstić information content (AvgIpc) is 2.83. The summed E-state index contributed by atoms with van der Waals surface area (Å²) in [4.78, 5) is 14.3. The number of nitrogens with two attached hydrogens (primary N) is 1. The predicted octanol–water partition coefficient (Wildman–Crippen LogP) is 3.78. The van der Waals surface area contributed by atoms with Crippen molar-refractivity contribution in [2.45, 2.75) is 6.42 Å².